The number of hydrogen-bond acceptors (Lipinski definition) is 4. The number of para-hydroxylation sites is 2. The van der Waals surface area contributed by atoms with E-state index in [0.29, 0.717) is 31.6 Å². The van der Waals surface area contributed by atoms with Gasteiger partial charge in [0.05, 0.1) is 10.6 Å². The Bertz CT molecular complexity index is 833. The number of carbonyl (C=O) groups excluding carboxylic acids is 1. The number of benzene rings is 2. The SMILES string of the molecule is Cc1ccc(NC(=O)C2CCN(c3ccccc3[N+](=O)[O-])CC2)c(Br)c1. The van der Waals surface area contributed by atoms with Crippen molar-refractivity contribution in [2.45, 2.75) is 19.8 Å². The van der Waals surface area contributed by atoms with Gasteiger partial charge in [0.25, 0.3) is 5.69 Å². The zero-order chi connectivity index (χ0) is 18.7. The highest BCUT2D eigenvalue weighted by atomic mass is 79.9. The van der Waals surface area contributed by atoms with Gasteiger partial charge in [0.1, 0.15) is 5.69 Å². The van der Waals surface area contributed by atoms with Crippen LogP contribution in [-0.4, -0.2) is 23.9 Å². The van der Waals surface area contributed by atoms with Crippen LogP contribution in [-0.2, 0) is 4.79 Å². The lowest BCUT2D eigenvalue weighted by Crippen LogP contribution is -2.38. The molecule has 0 aromatic heterocycles. The van der Waals surface area contributed by atoms with Gasteiger partial charge in [0.2, 0.25) is 5.91 Å². The number of piperidine rings is 1. The van der Waals surface area contributed by atoms with Crippen molar-refractivity contribution < 1.29 is 9.72 Å². The average molecular weight is 418 g/mol. The lowest BCUT2D eigenvalue weighted by molar-refractivity contribution is -0.384. The zero-order valence-corrected chi connectivity index (χ0v) is 16.0. The Morgan fingerprint density at radius 1 is 1.23 bits per heavy atom. The number of carbonyl (C=O) groups is 1. The van der Waals surface area contributed by atoms with E-state index >= 15 is 0 Å². The van der Waals surface area contributed by atoms with Crippen LogP contribution in [0.1, 0.15) is 18.4 Å². The van der Waals surface area contributed by atoms with Crippen LogP contribution in [0.15, 0.2) is 46.9 Å². The van der Waals surface area contributed by atoms with E-state index in [1.54, 1.807) is 18.2 Å². The summed E-state index contributed by atoms with van der Waals surface area (Å²) >= 11 is 3.47. The molecular weight excluding hydrogens is 398 g/mol. The summed E-state index contributed by atoms with van der Waals surface area (Å²) in [5.41, 5.74) is 2.62. The Morgan fingerprint density at radius 2 is 1.92 bits per heavy atom. The van der Waals surface area contributed by atoms with E-state index in [2.05, 4.69) is 21.2 Å². The van der Waals surface area contributed by atoms with Crippen molar-refractivity contribution in [1.82, 2.24) is 0 Å². The minimum atomic E-state index is -0.358. The number of nitrogens with one attached hydrogen (secondary N) is 1. The van der Waals surface area contributed by atoms with E-state index in [-0.39, 0.29) is 22.4 Å². The Hall–Kier alpha value is -2.41. The molecule has 0 bridgehead atoms. The predicted octanol–water partition coefficient (Wildman–Crippen LogP) is 4.52. The molecule has 1 fully saturated rings. The van der Waals surface area contributed by atoms with Crippen LogP contribution < -0.4 is 10.2 Å². The lowest BCUT2D eigenvalue weighted by atomic mass is 9.95. The summed E-state index contributed by atoms with van der Waals surface area (Å²) in [5.74, 6) is -0.0982. The molecule has 1 aliphatic heterocycles. The molecule has 136 valence electrons. The fourth-order valence-corrected chi connectivity index (χ4v) is 3.82. The second-order valence-corrected chi connectivity index (χ2v) is 7.33. The fraction of sp³-hybridized carbons (Fsp3) is 0.316. The monoisotopic (exact) mass is 417 g/mol. The van der Waals surface area contributed by atoms with Gasteiger partial charge >= 0.3 is 0 Å². The molecule has 26 heavy (non-hydrogen) atoms. The second-order valence-electron chi connectivity index (χ2n) is 6.48. The van der Waals surface area contributed by atoms with Gasteiger partial charge in [-0.1, -0.05) is 18.2 Å². The molecule has 6 nitrogen and oxygen atoms in total. The number of rotatable bonds is 4. The number of nitro benzene ring substituents is 1. The molecular formula is C19H20BrN3O3. The maximum atomic E-state index is 12.6. The molecule has 1 aliphatic rings. The van der Waals surface area contributed by atoms with Gasteiger partial charge < -0.3 is 10.2 Å². The second kappa shape index (κ2) is 7.86. The molecule has 1 heterocycles. The molecule has 0 radical (unpaired) electrons. The third-order valence-corrected chi connectivity index (χ3v) is 5.32. The standard InChI is InChI=1S/C19H20BrN3O3/c1-13-6-7-16(15(20)12-13)21-19(24)14-8-10-22(11-9-14)17-4-2-3-5-18(17)23(25)26/h2-7,12,14H,8-11H2,1H3,(H,21,24). The van der Waals surface area contributed by atoms with Crippen LogP contribution >= 0.6 is 15.9 Å². The van der Waals surface area contributed by atoms with Crippen molar-refractivity contribution in [1.29, 1.82) is 0 Å². The number of aryl methyl sites for hydroxylation is 1. The topological polar surface area (TPSA) is 75.5 Å². The Kier molecular flexibility index (Phi) is 5.56. The highest BCUT2D eigenvalue weighted by Gasteiger charge is 2.28. The molecule has 0 spiro atoms. The van der Waals surface area contributed by atoms with Gasteiger partial charge in [-0.3, -0.25) is 14.9 Å². The number of hydrogen-bond donors (Lipinski definition) is 1. The first kappa shape index (κ1) is 18.4. The van der Waals surface area contributed by atoms with Crippen LogP contribution in [0.2, 0.25) is 0 Å². The minimum absolute atomic E-state index is 0.00300. The van der Waals surface area contributed by atoms with Crippen molar-refractivity contribution >= 4 is 38.9 Å². The van der Waals surface area contributed by atoms with E-state index < -0.39 is 0 Å². The fourth-order valence-electron chi connectivity index (χ4n) is 3.22. The van der Waals surface area contributed by atoms with Gasteiger partial charge in [-0.2, -0.15) is 0 Å². The van der Waals surface area contributed by atoms with Gasteiger partial charge in [-0.25, -0.2) is 0 Å². The summed E-state index contributed by atoms with van der Waals surface area (Å²) in [6.45, 7) is 3.24. The number of nitrogens with zero attached hydrogens (tertiary/aromatic N) is 2. The van der Waals surface area contributed by atoms with Gasteiger partial charge in [-0.05, 0) is 59.5 Å². The molecule has 1 saturated heterocycles. The summed E-state index contributed by atoms with van der Waals surface area (Å²) in [4.78, 5) is 25.4. The van der Waals surface area contributed by atoms with Crippen molar-refractivity contribution in [2.75, 3.05) is 23.3 Å². The van der Waals surface area contributed by atoms with Crippen molar-refractivity contribution in [3.05, 3.63) is 62.6 Å². The molecule has 1 N–H and O–H groups in total. The quantitative estimate of drug-likeness (QED) is 0.585. The molecule has 0 unspecified atom stereocenters. The van der Waals surface area contributed by atoms with Crippen molar-refractivity contribution in [3.63, 3.8) is 0 Å². The highest BCUT2D eigenvalue weighted by Crippen LogP contribution is 2.32. The third kappa shape index (κ3) is 4.04. The Labute approximate surface area is 160 Å². The normalized spacial score (nSPS) is 14.9. The van der Waals surface area contributed by atoms with Crippen molar-refractivity contribution in [3.8, 4) is 0 Å². The largest absolute Gasteiger partial charge is 0.366 e. The number of halogens is 1. The highest BCUT2D eigenvalue weighted by molar-refractivity contribution is 9.10. The maximum Gasteiger partial charge on any atom is 0.292 e. The minimum Gasteiger partial charge on any atom is -0.366 e. The molecule has 0 atom stereocenters. The molecule has 3 rings (SSSR count). The molecule has 2 aromatic carbocycles. The summed E-state index contributed by atoms with van der Waals surface area (Å²) in [5, 5.41) is 14.2. The number of amides is 1. The maximum absolute atomic E-state index is 12.6. The van der Waals surface area contributed by atoms with Gasteiger partial charge in [0.15, 0.2) is 0 Å². The van der Waals surface area contributed by atoms with E-state index in [1.807, 2.05) is 30.0 Å². The summed E-state index contributed by atoms with van der Waals surface area (Å²) < 4.78 is 0.864. The van der Waals surface area contributed by atoms with Crippen LogP contribution in [0, 0.1) is 23.0 Å². The molecule has 7 heteroatoms. The van der Waals surface area contributed by atoms with E-state index in [4.69, 9.17) is 0 Å². The third-order valence-electron chi connectivity index (χ3n) is 4.67. The first-order valence-electron chi connectivity index (χ1n) is 8.51. The first-order chi connectivity index (χ1) is 12.5. The average Bonchev–Trinajstić information content (AvgIpc) is 2.64. The van der Waals surface area contributed by atoms with Crippen LogP contribution in [0.25, 0.3) is 0 Å². The molecule has 2 aromatic rings. The predicted molar refractivity (Wildman–Crippen MR) is 106 cm³/mol. The van der Waals surface area contributed by atoms with Gasteiger partial charge in [0, 0.05) is 29.5 Å². The Morgan fingerprint density at radius 3 is 2.58 bits per heavy atom. The molecule has 0 saturated carbocycles. The zero-order valence-electron chi connectivity index (χ0n) is 14.4. The lowest BCUT2D eigenvalue weighted by Gasteiger charge is -2.32. The summed E-state index contributed by atoms with van der Waals surface area (Å²) in [7, 11) is 0. The smallest absolute Gasteiger partial charge is 0.292 e. The summed E-state index contributed by atoms with van der Waals surface area (Å²) in [6.07, 6.45) is 1.34. The first-order valence-corrected chi connectivity index (χ1v) is 9.30. The van der Waals surface area contributed by atoms with Crippen LogP contribution in [0.4, 0.5) is 17.1 Å². The van der Waals surface area contributed by atoms with Crippen LogP contribution in [0.3, 0.4) is 0 Å². The van der Waals surface area contributed by atoms with E-state index in [1.165, 1.54) is 6.07 Å². The molecule has 1 amide bonds. The van der Waals surface area contributed by atoms with Crippen LogP contribution in [0.5, 0.6) is 0 Å². The Balaban J connectivity index is 1.63. The van der Waals surface area contributed by atoms with E-state index in [9.17, 15) is 14.9 Å². The molecule has 0 aliphatic carbocycles. The summed E-state index contributed by atoms with van der Waals surface area (Å²) in [6, 6.07) is 12.6. The van der Waals surface area contributed by atoms with Gasteiger partial charge in [-0.15, -0.1) is 0 Å². The van der Waals surface area contributed by atoms with E-state index in [0.717, 1.165) is 15.7 Å². The van der Waals surface area contributed by atoms with Crippen molar-refractivity contribution in [2.24, 2.45) is 5.92 Å². The number of nitro groups is 1. The number of anilines is 2.